The Hall–Kier alpha value is -2.02. The molecule has 21 heavy (non-hydrogen) atoms. The quantitative estimate of drug-likeness (QED) is 0.464. The minimum absolute atomic E-state index is 0.0182. The predicted molar refractivity (Wildman–Crippen MR) is 81.7 cm³/mol. The van der Waals surface area contributed by atoms with Crippen LogP contribution in [0.4, 0.5) is 5.69 Å². The van der Waals surface area contributed by atoms with Crippen LogP contribution in [0.1, 0.15) is 31.2 Å². The minimum Gasteiger partial charge on any atom is -0.438 e. The van der Waals surface area contributed by atoms with Crippen LogP contribution in [0.25, 0.3) is 0 Å². The summed E-state index contributed by atoms with van der Waals surface area (Å²) in [5, 5.41) is 10.9. The number of ether oxygens (including phenoxy) is 1. The van der Waals surface area contributed by atoms with Gasteiger partial charge in [0.2, 0.25) is 5.88 Å². The fourth-order valence-electron chi connectivity index (χ4n) is 1.75. The largest absolute Gasteiger partial charge is 0.438 e. The number of nitro benzene ring substituents is 1. The molecule has 0 bridgehead atoms. The van der Waals surface area contributed by atoms with Gasteiger partial charge in [0.1, 0.15) is 16.2 Å². The summed E-state index contributed by atoms with van der Waals surface area (Å²) in [4.78, 5) is 19.1. The van der Waals surface area contributed by atoms with E-state index in [4.69, 9.17) is 4.74 Å². The van der Waals surface area contributed by atoms with Crippen molar-refractivity contribution in [3.05, 3.63) is 50.4 Å². The molecule has 0 radical (unpaired) electrons. The zero-order valence-electron chi connectivity index (χ0n) is 11.8. The summed E-state index contributed by atoms with van der Waals surface area (Å²) in [6.07, 6.45) is 0. The van der Waals surface area contributed by atoms with Crippen LogP contribution in [0.2, 0.25) is 0 Å². The third-order valence-electron chi connectivity index (χ3n) is 2.87. The molecule has 0 aliphatic carbocycles. The van der Waals surface area contributed by atoms with Gasteiger partial charge < -0.3 is 4.74 Å². The first-order valence-electron chi connectivity index (χ1n) is 6.35. The highest BCUT2D eigenvalue weighted by molar-refractivity contribution is 9.10. The lowest BCUT2D eigenvalue weighted by Gasteiger charge is -2.10. The van der Waals surface area contributed by atoms with Crippen molar-refractivity contribution in [1.82, 2.24) is 9.97 Å². The van der Waals surface area contributed by atoms with E-state index in [2.05, 4.69) is 25.9 Å². The van der Waals surface area contributed by atoms with E-state index in [9.17, 15) is 10.1 Å². The average molecular weight is 352 g/mol. The molecule has 0 amide bonds. The van der Waals surface area contributed by atoms with Gasteiger partial charge in [-0.25, -0.2) is 4.98 Å². The minimum atomic E-state index is -0.433. The predicted octanol–water partition coefficient (Wildman–Crippen LogP) is 4.37. The first kappa shape index (κ1) is 15.4. The van der Waals surface area contributed by atoms with E-state index in [1.54, 1.807) is 25.1 Å². The molecule has 6 nitrogen and oxygen atoms in total. The van der Waals surface area contributed by atoms with Gasteiger partial charge in [-0.05, 0) is 28.9 Å². The van der Waals surface area contributed by atoms with Gasteiger partial charge in [0, 0.05) is 18.1 Å². The zero-order chi connectivity index (χ0) is 15.6. The van der Waals surface area contributed by atoms with Crippen molar-refractivity contribution in [2.45, 2.75) is 26.7 Å². The Balaban J connectivity index is 2.39. The Kier molecular flexibility index (Phi) is 4.52. The summed E-state index contributed by atoms with van der Waals surface area (Å²) >= 11 is 3.31. The van der Waals surface area contributed by atoms with E-state index in [0.717, 1.165) is 0 Å². The Morgan fingerprint density at radius 1 is 1.33 bits per heavy atom. The van der Waals surface area contributed by atoms with E-state index < -0.39 is 4.92 Å². The van der Waals surface area contributed by atoms with Crippen molar-refractivity contribution in [3.63, 3.8) is 0 Å². The maximum absolute atomic E-state index is 10.9. The molecule has 2 rings (SSSR count). The Bertz CT molecular complexity index is 689. The van der Waals surface area contributed by atoms with Gasteiger partial charge in [0.15, 0.2) is 0 Å². The highest BCUT2D eigenvalue weighted by Gasteiger charge is 2.16. The number of nitro groups is 1. The van der Waals surface area contributed by atoms with Gasteiger partial charge in [0.05, 0.1) is 10.5 Å². The monoisotopic (exact) mass is 351 g/mol. The maximum atomic E-state index is 10.9. The Morgan fingerprint density at radius 3 is 2.67 bits per heavy atom. The van der Waals surface area contributed by atoms with Crippen molar-refractivity contribution in [2.24, 2.45) is 0 Å². The summed E-state index contributed by atoms with van der Waals surface area (Å²) < 4.78 is 6.30. The molecule has 1 aromatic carbocycles. The van der Waals surface area contributed by atoms with Crippen molar-refractivity contribution in [3.8, 4) is 11.6 Å². The molecule has 2 aromatic rings. The van der Waals surface area contributed by atoms with Crippen LogP contribution < -0.4 is 4.74 Å². The number of hydrogen-bond donors (Lipinski definition) is 0. The molecule has 1 aromatic heterocycles. The van der Waals surface area contributed by atoms with Gasteiger partial charge in [0.25, 0.3) is 5.69 Å². The van der Waals surface area contributed by atoms with Crippen LogP contribution in [0, 0.1) is 17.0 Å². The number of rotatable bonds is 4. The van der Waals surface area contributed by atoms with E-state index in [1.165, 1.54) is 6.07 Å². The zero-order valence-corrected chi connectivity index (χ0v) is 13.4. The molecule has 0 fully saturated rings. The molecule has 0 spiro atoms. The fraction of sp³-hybridized carbons (Fsp3) is 0.286. The second kappa shape index (κ2) is 6.17. The maximum Gasteiger partial charge on any atom is 0.276 e. The molecule has 0 saturated heterocycles. The van der Waals surface area contributed by atoms with Gasteiger partial charge >= 0.3 is 0 Å². The summed E-state index contributed by atoms with van der Waals surface area (Å²) in [7, 11) is 0. The lowest BCUT2D eigenvalue weighted by atomic mass is 10.2. The summed E-state index contributed by atoms with van der Waals surface area (Å²) in [5.74, 6) is 1.55. The first-order valence-corrected chi connectivity index (χ1v) is 7.14. The molecular weight excluding hydrogens is 338 g/mol. The second-order valence-corrected chi connectivity index (χ2v) is 5.61. The normalized spacial score (nSPS) is 10.7. The Labute approximate surface area is 130 Å². The topological polar surface area (TPSA) is 78.2 Å². The van der Waals surface area contributed by atoms with Gasteiger partial charge in [-0.3, -0.25) is 10.1 Å². The fourth-order valence-corrected chi connectivity index (χ4v) is 2.13. The van der Waals surface area contributed by atoms with Gasteiger partial charge in [-0.2, -0.15) is 4.98 Å². The van der Waals surface area contributed by atoms with Crippen LogP contribution >= 0.6 is 15.9 Å². The second-order valence-electron chi connectivity index (χ2n) is 4.80. The number of nitrogens with zero attached hydrogens (tertiary/aromatic N) is 3. The third-order valence-corrected chi connectivity index (χ3v) is 3.28. The van der Waals surface area contributed by atoms with Crippen molar-refractivity contribution in [2.75, 3.05) is 0 Å². The molecule has 0 unspecified atom stereocenters. The average Bonchev–Trinajstić information content (AvgIpc) is 2.40. The van der Waals surface area contributed by atoms with E-state index in [1.807, 2.05) is 13.8 Å². The van der Waals surface area contributed by atoms with Gasteiger partial charge in [-0.1, -0.05) is 19.9 Å². The molecular formula is C14H14BrN3O3. The SMILES string of the molecule is Cc1c(Oc2cc(Br)nc(C(C)C)n2)cccc1[N+](=O)[O-]. The lowest BCUT2D eigenvalue weighted by Crippen LogP contribution is -2.01. The van der Waals surface area contributed by atoms with Crippen molar-refractivity contribution < 1.29 is 9.66 Å². The number of halogens is 1. The van der Waals surface area contributed by atoms with E-state index in [0.29, 0.717) is 27.6 Å². The third kappa shape index (κ3) is 3.55. The summed E-state index contributed by atoms with van der Waals surface area (Å²) in [5.41, 5.74) is 0.480. The number of aromatic nitrogens is 2. The molecule has 0 N–H and O–H groups in total. The standard InChI is InChI=1S/C14H14BrN3O3/c1-8(2)14-16-12(15)7-13(17-14)21-11-6-4-5-10(9(11)3)18(19)20/h4-8H,1-3H3. The van der Waals surface area contributed by atoms with Gasteiger partial charge in [-0.15, -0.1) is 0 Å². The molecule has 0 aliphatic rings. The summed E-state index contributed by atoms with van der Waals surface area (Å²) in [6, 6.07) is 6.33. The lowest BCUT2D eigenvalue weighted by molar-refractivity contribution is -0.385. The van der Waals surface area contributed by atoms with E-state index in [-0.39, 0.29) is 11.6 Å². The van der Waals surface area contributed by atoms with Crippen LogP contribution in [0.5, 0.6) is 11.6 Å². The summed E-state index contributed by atoms with van der Waals surface area (Å²) in [6.45, 7) is 5.60. The van der Waals surface area contributed by atoms with Crippen LogP contribution in [-0.2, 0) is 0 Å². The van der Waals surface area contributed by atoms with E-state index >= 15 is 0 Å². The first-order chi connectivity index (χ1) is 9.88. The molecule has 0 saturated carbocycles. The molecule has 110 valence electrons. The smallest absolute Gasteiger partial charge is 0.276 e. The molecule has 0 aliphatic heterocycles. The highest BCUT2D eigenvalue weighted by Crippen LogP contribution is 2.31. The molecule has 0 atom stereocenters. The molecule has 1 heterocycles. The number of benzene rings is 1. The van der Waals surface area contributed by atoms with Crippen molar-refractivity contribution in [1.29, 1.82) is 0 Å². The van der Waals surface area contributed by atoms with Crippen molar-refractivity contribution >= 4 is 21.6 Å². The van der Waals surface area contributed by atoms with Crippen LogP contribution in [0.15, 0.2) is 28.9 Å². The van der Waals surface area contributed by atoms with Crippen LogP contribution in [-0.4, -0.2) is 14.9 Å². The number of hydrogen-bond acceptors (Lipinski definition) is 5. The molecule has 7 heteroatoms. The van der Waals surface area contributed by atoms with Crippen LogP contribution in [0.3, 0.4) is 0 Å². The Morgan fingerprint density at radius 2 is 2.05 bits per heavy atom. The highest BCUT2D eigenvalue weighted by atomic mass is 79.9.